The van der Waals surface area contributed by atoms with Crippen molar-refractivity contribution in [3.8, 4) is 17.0 Å². The van der Waals surface area contributed by atoms with E-state index >= 15 is 0 Å². The second kappa shape index (κ2) is 10.7. The van der Waals surface area contributed by atoms with Gasteiger partial charge in [0, 0.05) is 29.0 Å². The number of aromatic nitrogens is 2. The van der Waals surface area contributed by atoms with Crippen LogP contribution in [0.5, 0.6) is 5.75 Å². The highest BCUT2D eigenvalue weighted by Crippen LogP contribution is 2.29. The van der Waals surface area contributed by atoms with E-state index < -0.39 is 6.36 Å². The summed E-state index contributed by atoms with van der Waals surface area (Å²) in [7, 11) is 0. The first-order valence-electron chi connectivity index (χ1n) is 11.8. The van der Waals surface area contributed by atoms with Crippen LogP contribution in [-0.2, 0) is 0 Å². The number of para-hydroxylation sites is 1. The Morgan fingerprint density at radius 3 is 2.51 bits per heavy atom. The zero-order valence-electron chi connectivity index (χ0n) is 20.8. The molecule has 0 spiro atoms. The summed E-state index contributed by atoms with van der Waals surface area (Å²) in [5, 5.41) is 4.67. The van der Waals surface area contributed by atoms with Gasteiger partial charge in [-0.15, -0.1) is 13.2 Å². The number of amides is 2. The van der Waals surface area contributed by atoms with Gasteiger partial charge in [-0.3, -0.25) is 9.12 Å². The van der Waals surface area contributed by atoms with Crippen molar-refractivity contribution in [2.24, 2.45) is 4.40 Å². The molecular formula is C28H22F3N5O2S. The Morgan fingerprint density at radius 2 is 1.79 bits per heavy atom. The molecule has 0 aliphatic rings. The highest BCUT2D eigenvalue weighted by Gasteiger charge is 2.31. The predicted molar refractivity (Wildman–Crippen MR) is 148 cm³/mol. The fourth-order valence-corrected chi connectivity index (χ4v) is 4.58. The number of carbonyl (C=O) groups is 1. The summed E-state index contributed by atoms with van der Waals surface area (Å²) in [5.41, 5.74) is 5.70. The van der Waals surface area contributed by atoms with E-state index in [1.165, 1.54) is 12.1 Å². The number of halogens is 3. The Bertz CT molecular complexity index is 1680. The normalized spacial score (nSPS) is 11.8. The highest BCUT2D eigenvalue weighted by molar-refractivity contribution is 7.96. The number of rotatable bonds is 6. The Balaban J connectivity index is 1.27. The minimum Gasteiger partial charge on any atom is -0.406 e. The number of anilines is 1. The molecule has 7 nitrogen and oxygen atoms in total. The fourth-order valence-electron chi connectivity index (χ4n) is 4.22. The molecule has 0 unspecified atom stereocenters. The quantitative estimate of drug-likeness (QED) is 0.170. The number of fused-ring (bicyclic) bond motifs is 3. The molecule has 0 radical (unpaired) electrons. The molecule has 198 valence electrons. The number of imidazole rings is 1. The first kappa shape index (κ1) is 26.1. The maximum absolute atomic E-state index is 12.5. The Kier molecular flexibility index (Phi) is 7.16. The topological polar surface area (TPSA) is 80.0 Å². The van der Waals surface area contributed by atoms with Crippen LogP contribution in [0.3, 0.4) is 0 Å². The molecule has 5 aromatic rings. The molecule has 2 heterocycles. The SMILES string of the molecule is Cc1cccc(C)c1NC(=O)NS/N=C/c1ccc2c(ccn3c(-c4ccc(OC(F)(F)F)cc4)cnc23)c1. The maximum Gasteiger partial charge on any atom is 0.573 e. The summed E-state index contributed by atoms with van der Waals surface area (Å²) in [5.74, 6) is -0.282. The number of benzene rings is 3. The van der Waals surface area contributed by atoms with Crippen LogP contribution < -0.4 is 14.8 Å². The lowest BCUT2D eigenvalue weighted by Crippen LogP contribution is -2.23. The van der Waals surface area contributed by atoms with Gasteiger partial charge in [-0.05, 0) is 78.4 Å². The standard InChI is InChI=1S/C28H22F3N5O2S/c1-17-4-3-5-18(2)25(17)34-27(37)35-39-33-15-19-6-11-23-21(14-19)12-13-36-24(16-32-26(23)36)20-7-9-22(10-8-20)38-28(29,30)31/h3-16H,1-2H3,(H2,34,35,37)/b33-15+. The molecule has 2 aromatic heterocycles. The molecule has 0 fully saturated rings. The van der Waals surface area contributed by atoms with Gasteiger partial charge in [0.2, 0.25) is 0 Å². The number of alkyl halides is 3. The summed E-state index contributed by atoms with van der Waals surface area (Å²) in [6.07, 6.45) is 0.442. The maximum atomic E-state index is 12.5. The third-order valence-electron chi connectivity index (χ3n) is 6.01. The molecule has 3 aromatic carbocycles. The van der Waals surface area contributed by atoms with Crippen molar-refractivity contribution in [2.45, 2.75) is 20.2 Å². The van der Waals surface area contributed by atoms with Crippen LogP contribution in [0.1, 0.15) is 16.7 Å². The summed E-state index contributed by atoms with van der Waals surface area (Å²) in [6.45, 7) is 3.86. The van der Waals surface area contributed by atoms with E-state index in [0.29, 0.717) is 11.2 Å². The van der Waals surface area contributed by atoms with Gasteiger partial charge >= 0.3 is 12.4 Å². The molecule has 2 amide bonds. The average molecular weight is 550 g/mol. The van der Waals surface area contributed by atoms with Crippen molar-refractivity contribution in [3.05, 3.63) is 95.8 Å². The molecule has 11 heteroatoms. The fraction of sp³-hybridized carbons (Fsp3) is 0.107. The molecular weight excluding hydrogens is 527 g/mol. The zero-order chi connectivity index (χ0) is 27.6. The van der Waals surface area contributed by atoms with Crippen LogP contribution in [0.2, 0.25) is 0 Å². The van der Waals surface area contributed by atoms with Crippen LogP contribution in [0.4, 0.5) is 23.7 Å². The summed E-state index contributed by atoms with van der Waals surface area (Å²) in [6, 6.07) is 18.8. The molecule has 0 saturated carbocycles. The number of nitrogens with zero attached hydrogens (tertiary/aromatic N) is 3. The van der Waals surface area contributed by atoms with E-state index in [2.05, 4.69) is 24.2 Å². The minimum atomic E-state index is -4.74. The number of ether oxygens (including phenoxy) is 1. The van der Waals surface area contributed by atoms with Gasteiger partial charge < -0.3 is 10.1 Å². The van der Waals surface area contributed by atoms with Gasteiger partial charge in [-0.25, -0.2) is 14.2 Å². The third-order valence-corrected chi connectivity index (χ3v) is 6.50. The second-order valence-corrected chi connectivity index (χ2v) is 9.32. The van der Waals surface area contributed by atoms with Crippen molar-refractivity contribution < 1.29 is 22.7 Å². The Labute approximate surface area is 226 Å². The molecule has 0 aliphatic heterocycles. The summed E-state index contributed by atoms with van der Waals surface area (Å²) < 4.78 is 50.1. The molecule has 0 bridgehead atoms. The smallest absolute Gasteiger partial charge is 0.406 e. The number of aryl methyl sites for hydroxylation is 2. The van der Waals surface area contributed by atoms with Gasteiger partial charge in [0.05, 0.1) is 24.0 Å². The van der Waals surface area contributed by atoms with Crippen LogP contribution in [0, 0.1) is 13.8 Å². The monoisotopic (exact) mass is 549 g/mol. The van der Waals surface area contributed by atoms with Crippen molar-refractivity contribution >= 4 is 46.5 Å². The number of carbonyl (C=O) groups excluding carboxylic acids is 1. The van der Waals surface area contributed by atoms with E-state index in [0.717, 1.165) is 51.0 Å². The molecule has 2 N–H and O–H groups in total. The first-order chi connectivity index (χ1) is 18.7. The van der Waals surface area contributed by atoms with Crippen molar-refractivity contribution in [1.82, 2.24) is 14.1 Å². The van der Waals surface area contributed by atoms with Crippen molar-refractivity contribution in [1.29, 1.82) is 0 Å². The lowest BCUT2D eigenvalue weighted by Gasteiger charge is -2.10. The minimum absolute atomic E-state index is 0.282. The first-order valence-corrected chi connectivity index (χ1v) is 12.5. The summed E-state index contributed by atoms with van der Waals surface area (Å²) in [4.78, 5) is 16.8. The van der Waals surface area contributed by atoms with E-state index in [4.69, 9.17) is 0 Å². The second-order valence-electron chi connectivity index (χ2n) is 8.72. The number of urea groups is 1. The number of hydrogen-bond donors (Lipinski definition) is 2. The lowest BCUT2D eigenvalue weighted by atomic mass is 10.1. The van der Waals surface area contributed by atoms with Crippen LogP contribution in [0.15, 0.2) is 83.5 Å². The number of pyridine rings is 1. The van der Waals surface area contributed by atoms with Crippen LogP contribution >= 0.6 is 12.1 Å². The largest absolute Gasteiger partial charge is 0.573 e. The van der Waals surface area contributed by atoms with Gasteiger partial charge in [0.1, 0.15) is 11.4 Å². The Hall–Kier alpha value is -4.51. The van der Waals surface area contributed by atoms with Gasteiger partial charge in [-0.1, -0.05) is 24.3 Å². The van der Waals surface area contributed by atoms with Crippen LogP contribution in [0.25, 0.3) is 27.7 Å². The van der Waals surface area contributed by atoms with Gasteiger partial charge in [-0.2, -0.15) is 0 Å². The molecule has 0 aliphatic carbocycles. The number of nitrogens with one attached hydrogen (secondary N) is 2. The molecule has 0 saturated heterocycles. The zero-order valence-corrected chi connectivity index (χ0v) is 21.6. The third kappa shape index (κ3) is 5.99. The van der Waals surface area contributed by atoms with Gasteiger partial charge in [0.25, 0.3) is 0 Å². The molecule has 0 atom stereocenters. The van der Waals surface area contributed by atoms with Crippen molar-refractivity contribution in [3.63, 3.8) is 0 Å². The van der Waals surface area contributed by atoms with Crippen LogP contribution in [-0.4, -0.2) is 28.0 Å². The van der Waals surface area contributed by atoms with E-state index in [9.17, 15) is 18.0 Å². The predicted octanol–water partition coefficient (Wildman–Crippen LogP) is 7.47. The average Bonchev–Trinajstić information content (AvgIpc) is 3.33. The van der Waals surface area contributed by atoms with Gasteiger partial charge in [0.15, 0.2) is 0 Å². The molecule has 5 rings (SSSR count). The lowest BCUT2D eigenvalue weighted by molar-refractivity contribution is -0.274. The van der Waals surface area contributed by atoms with E-state index in [1.54, 1.807) is 24.5 Å². The van der Waals surface area contributed by atoms with E-state index in [-0.39, 0.29) is 11.8 Å². The Morgan fingerprint density at radius 1 is 1.05 bits per heavy atom. The summed E-state index contributed by atoms with van der Waals surface area (Å²) >= 11 is 0.920. The van der Waals surface area contributed by atoms with Crippen molar-refractivity contribution in [2.75, 3.05) is 5.32 Å². The number of hydrogen-bond acceptors (Lipinski definition) is 5. The van der Waals surface area contributed by atoms with E-state index in [1.807, 2.05) is 66.9 Å². The molecule has 39 heavy (non-hydrogen) atoms. The highest BCUT2D eigenvalue weighted by atomic mass is 32.2.